The second-order valence-corrected chi connectivity index (χ2v) is 11.1. The van der Waals surface area contributed by atoms with Crippen LogP contribution in [-0.2, 0) is 24.8 Å². The predicted octanol–water partition coefficient (Wildman–Crippen LogP) is 5.96. The Hall–Kier alpha value is -2.92. The van der Waals surface area contributed by atoms with Crippen LogP contribution in [0, 0.1) is 6.92 Å². The molecular formula is C31H41N3O2. The van der Waals surface area contributed by atoms with Gasteiger partial charge in [-0.25, -0.2) is 4.98 Å². The Morgan fingerprint density at radius 2 is 1.75 bits per heavy atom. The lowest BCUT2D eigenvalue weighted by Gasteiger charge is -2.26. The van der Waals surface area contributed by atoms with E-state index in [4.69, 9.17) is 9.72 Å². The highest BCUT2D eigenvalue weighted by atomic mass is 16.5. The minimum atomic E-state index is -0.0382. The Morgan fingerprint density at radius 1 is 1.00 bits per heavy atom. The molecule has 2 heterocycles. The second-order valence-electron chi connectivity index (χ2n) is 11.1. The summed E-state index contributed by atoms with van der Waals surface area (Å²) in [5, 5.41) is 0. The Labute approximate surface area is 215 Å². The molecule has 1 aromatic heterocycles. The molecule has 0 amide bonds. The van der Waals surface area contributed by atoms with E-state index in [0.717, 1.165) is 41.4 Å². The number of aromatic nitrogens is 2. The summed E-state index contributed by atoms with van der Waals surface area (Å²) >= 11 is 0. The van der Waals surface area contributed by atoms with Crippen molar-refractivity contribution < 1.29 is 4.74 Å². The molecule has 0 bridgehead atoms. The van der Waals surface area contributed by atoms with E-state index in [1.165, 1.54) is 43.5 Å². The topological polar surface area (TPSA) is 58.2 Å². The van der Waals surface area contributed by atoms with Crippen molar-refractivity contribution in [3.63, 3.8) is 0 Å². The first-order valence-electron chi connectivity index (χ1n) is 13.4. The van der Waals surface area contributed by atoms with E-state index in [-0.39, 0.29) is 11.0 Å². The molecule has 0 atom stereocenters. The van der Waals surface area contributed by atoms with Crippen molar-refractivity contribution in [3.05, 3.63) is 92.7 Å². The first kappa shape index (κ1) is 26.2. The van der Waals surface area contributed by atoms with E-state index in [1.807, 2.05) is 13.0 Å². The summed E-state index contributed by atoms with van der Waals surface area (Å²) in [6.07, 6.45) is 6.04. The van der Waals surface area contributed by atoms with Crippen molar-refractivity contribution in [2.24, 2.45) is 0 Å². The lowest BCUT2D eigenvalue weighted by Crippen LogP contribution is -2.29. The number of aryl methyl sites for hydroxylation is 2. The predicted molar refractivity (Wildman–Crippen MR) is 147 cm³/mol. The van der Waals surface area contributed by atoms with Crippen LogP contribution in [0.4, 0.5) is 0 Å². The molecule has 2 aromatic carbocycles. The Morgan fingerprint density at radius 3 is 2.44 bits per heavy atom. The summed E-state index contributed by atoms with van der Waals surface area (Å²) in [5.74, 6) is 1.64. The first-order chi connectivity index (χ1) is 17.3. The van der Waals surface area contributed by atoms with E-state index < -0.39 is 0 Å². The third-order valence-corrected chi connectivity index (χ3v) is 7.05. The summed E-state index contributed by atoms with van der Waals surface area (Å²) in [5.41, 5.74) is 5.35. The number of nitrogens with zero attached hydrogens (tertiary/aromatic N) is 2. The highest BCUT2D eigenvalue weighted by Gasteiger charge is 2.14. The molecule has 4 rings (SSSR count). The normalized spacial score (nSPS) is 14.7. The molecule has 0 saturated carbocycles. The maximum Gasteiger partial charge on any atom is 0.254 e. The van der Waals surface area contributed by atoms with Gasteiger partial charge in [0.05, 0.1) is 6.61 Å². The average molecular weight is 488 g/mol. The number of hydrogen-bond acceptors (Lipinski definition) is 4. The molecule has 1 saturated heterocycles. The fourth-order valence-electron chi connectivity index (χ4n) is 4.86. The van der Waals surface area contributed by atoms with Crippen LogP contribution in [-0.4, -0.2) is 34.6 Å². The van der Waals surface area contributed by atoms with Gasteiger partial charge in [-0.05, 0) is 73.5 Å². The average Bonchev–Trinajstić information content (AvgIpc) is 2.85. The highest BCUT2D eigenvalue weighted by molar-refractivity contribution is 5.32. The highest BCUT2D eigenvalue weighted by Crippen LogP contribution is 2.23. The summed E-state index contributed by atoms with van der Waals surface area (Å²) < 4.78 is 6.02. The second kappa shape index (κ2) is 11.9. The molecule has 0 unspecified atom stereocenters. The van der Waals surface area contributed by atoms with Crippen LogP contribution in [0.1, 0.15) is 80.2 Å². The Kier molecular flexibility index (Phi) is 8.63. The van der Waals surface area contributed by atoms with E-state index in [1.54, 1.807) is 0 Å². The number of ether oxygens (including phenoxy) is 1. The standard InChI is InChI=1S/C31H41N3O2/c1-23-28(21-24-13-15-26(16-14-24)31(2,3)4)30(35)33-29(32-23)12-9-19-36-27-11-8-10-25(20-27)22-34-17-6-5-7-18-34/h8,10-11,13-16,20H,5-7,9,12,17-19,21-22H2,1-4H3,(H,32,33,35). The van der Waals surface area contributed by atoms with Crippen LogP contribution < -0.4 is 10.3 Å². The SMILES string of the molecule is Cc1nc(CCCOc2cccc(CN3CCCCC3)c2)[nH]c(=O)c1Cc1ccc(C(C)(C)C)cc1. The van der Waals surface area contributed by atoms with Crippen LogP contribution in [0.5, 0.6) is 5.75 Å². The fourth-order valence-corrected chi connectivity index (χ4v) is 4.86. The lowest BCUT2D eigenvalue weighted by molar-refractivity contribution is 0.220. The van der Waals surface area contributed by atoms with Crippen LogP contribution in [0.15, 0.2) is 53.3 Å². The van der Waals surface area contributed by atoms with E-state index in [2.05, 4.69) is 73.1 Å². The zero-order valence-electron chi connectivity index (χ0n) is 22.4. The number of H-pyrrole nitrogens is 1. The van der Waals surface area contributed by atoms with Crippen LogP contribution >= 0.6 is 0 Å². The van der Waals surface area contributed by atoms with Gasteiger partial charge >= 0.3 is 0 Å². The molecule has 5 nitrogen and oxygen atoms in total. The van der Waals surface area contributed by atoms with Crippen LogP contribution in [0.2, 0.25) is 0 Å². The molecule has 1 aliphatic rings. The van der Waals surface area contributed by atoms with Crippen molar-refractivity contribution in [1.82, 2.24) is 14.9 Å². The molecule has 1 aliphatic heterocycles. The Balaban J connectivity index is 1.28. The number of rotatable bonds is 9. The quantitative estimate of drug-likeness (QED) is 0.378. The molecule has 5 heteroatoms. The van der Waals surface area contributed by atoms with Crippen LogP contribution in [0.3, 0.4) is 0 Å². The maximum atomic E-state index is 12.8. The van der Waals surface area contributed by atoms with Gasteiger partial charge in [-0.2, -0.15) is 0 Å². The van der Waals surface area contributed by atoms with Gasteiger partial charge in [0.2, 0.25) is 0 Å². The summed E-state index contributed by atoms with van der Waals surface area (Å²) in [4.78, 5) is 23.0. The number of piperidine rings is 1. The lowest BCUT2D eigenvalue weighted by atomic mass is 9.86. The van der Waals surface area contributed by atoms with Gasteiger partial charge in [0, 0.05) is 30.6 Å². The molecule has 0 radical (unpaired) electrons. The molecular weight excluding hydrogens is 446 g/mol. The van der Waals surface area contributed by atoms with Crippen molar-refractivity contribution >= 4 is 0 Å². The largest absolute Gasteiger partial charge is 0.494 e. The maximum absolute atomic E-state index is 12.8. The summed E-state index contributed by atoms with van der Waals surface area (Å²) in [6, 6.07) is 17.0. The number of likely N-dealkylation sites (tertiary alicyclic amines) is 1. The number of aromatic amines is 1. The number of hydrogen-bond donors (Lipinski definition) is 1. The zero-order chi connectivity index (χ0) is 25.5. The zero-order valence-corrected chi connectivity index (χ0v) is 22.4. The smallest absolute Gasteiger partial charge is 0.254 e. The van der Waals surface area contributed by atoms with Gasteiger partial charge in [-0.15, -0.1) is 0 Å². The van der Waals surface area contributed by atoms with Crippen molar-refractivity contribution in [2.75, 3.05) is 19.7 Å². The first-order valence-corrected chi connectivity index (χ1v) is 13.4. The van der Waals surface area contributed by atoms with Crippen molar-refractivity contribution in [2.45, 2.75) is 78.2 Å². The molecule has 1 fully saturated rings. The van der Waals surface area contributed by atoms with Crippen molar-refractivity contribution in [3.8, 4) is 5.75 Å². The Bertz CT molecular complexity index is 1190. The van der Waals surface area contributed by atoms with Crippen LogP contribution in [0.25, 0.3) is 0 Å². The minimum absolute atomic E-state index is 0.0382. The van der Waals surface area contributed by atoms with Gasteiger partial charge in [0.1, 0.15) is 11.6 Å². The van der Waals surface area contributed by atoms with E-state index >= 15 is 0 Å². The molecule has 192 valence electrons. The molecule has 36 heavy (non-hydrogen) atoms. The van der Waals surface area contributed by atoms with Gasteiger partial charge in [0.15, 0.2) is 0 Å². The van der Waals surface area contributed by atoms with Crippen molar-refractivity contribution in [1.29, 1.82) is 0 Å². The molecule has 0 aliphatic carbocycles. The number of nitrogens with one attached hydrogen (secondary N) is 1. The van der Waals surface area contributed by atoms with E-state index in [9.17, 15) is 4.79 Å². The monoisotopic (exact) mass is 487 g/mol. The van der Waals surface area contributed by atoms with Gasteiger partial charge < -0.3 is 9.72 Å². The summed E-state index contributed by atoms with van der Waals surface area (Å²) in [7, 11) is 0. The van der Waals surface area contributed by atoms with Gasteiger partial charge in [0.25, 0.3) is 5.56 Å². The molecule has 3 aromatic rings. The molecule has 0 spiro atoms. The van der Waals surface area contributed by atoms with Gasteiger partial charge in [-0.1, -0.05) is 63.6 Å². The van der Waals surface area contributed by atoms with E-state index in [0.29, 0.717) is 19.4 Å². The minimum Gasteiger partial charge on any atom is -0.494 e. The third-order valence-electron chi connectivity index (χ3n) is 7.05. The summed E-state index contributed by atoms with van der Waals surface area (Å²) in [6.45, 7) is 12.5. The van der Waals surface area contributed by atoms with Gasteiger partial charge in [-0.3, -0.25) is 9.69 Å². The third kappa shape index (κ3) is 7.30. The molecule has 1 N–H and O–H groups in total. The fraction of sp³-hybridized carbons (Fsp3) is 0.484. The number of benzene rings is 2.